The number of alkyl halides is 3. The quantitative estimate of drug-likeness (QED) is 0.395. The van der Waals surface area contributed by atoms with Gasteiger partial charge in [-0.05, 0) is 24.3 Å². The second-order valence-corrected chi connectivity index (χ2v) is 6.01. The van der Waals surface area contributed by atoms with Crippen molar-refractivity contribution in [2.75, 3.05) is 5.73 Å². The van der Waals surface area contributed by atoms with Crippen molar-refractivity contribution in [2.45, 2.75) is 17.8 Å². The summed E-state index contributed by atoms with van der Waals surface area (Å²) in [5.41, 5.74) is 0.311. The van der Waals surface area contributed by atoms with E-state index in [0.29, 0.717) is 5.69 Å². The Morgan fingerprint density at radius 3 is 1.50 bits per heavy atom. The fourth-order valence-electron chi connectivity index (χ4n) is 0.658. The van der Waals surface area contributed by atoms with Gasteiger partial charge in [0, 0.05) is 5.69 Å². The molecule has 0 aliphatic heterocycles. The smallest absolute Gasteiger partial charge is 0.399 e. The number of anilines is 1. The molecule has 118 valence electrons. The highest BCUT2D eigenvalue weighted by molar-refractivity contribution is 7.89. The lowest BCUT2D eigenvalue weighted by Crippen LogP contribution is -2.21. The van der Waals surface area contributed by atoms with Gasteiger partial charge >= 0.3 is 15.6 Å². The SMILES string of the molecule is C.Nc1ccc(S(N)(=O)=O)cc1.O=S(=O)(O)C(F)(F)F. The van der Waals surface area contributed by atoms with Crippen molar-refractivity contribution in [1.29, 1.82) is 0 Å². The highest BCUT2D eigenvalue weighted by atomic mass is 32.2. The first-order valence-corrected chi connectivity index (χ1v) is 7.16. The Kier molecular flexibility index (Phi) is 7.20. The Labute approximate surface area is 114 Å². The van der Waals surface area contributed by atoms with Crippen LogP contribution in [0.3, 0.4) is 0 Å². The molecule has 0 aliphatic rings. The van der Waals surface area contributed by atoms with Crippen LogP contribution in [0.5, 0.6) is 0 Å². The van der Waals surface area contributed by atoms with Crippen molar-refractivity contribution in [3.8, 4) is 0 Å². The van der Waals surface area contributed by atoms with Gasteiger partial charge in [0.25, 0.3) is 0 Å². The Morgan fingerprint density at radius 1 is 1.00 bits per heavy atom. The first-order valence-electron chi connectivity index (χ1n) is 4.17. The zero-order valence-electron chi connectivity index (χ0n) is 8.99. The van der Waals surface area contributed by atoms with Gasteiger partial charge < -0.3 is 5.73 Å². The van der Waals surface area contributed by atoms with Crippen LogP contribution in [0, 0.1) is 0 Å². The lowest BCUT2D eigenvalue weighted by atomic mass is 10.3. The molecule has 1 rings (SSSR count). The lowest BCUT2D eigenvalue weighted by molar-refractivity contribution is -0.0510. The van der Waals surface area contributed by atoms with E-state index < -0.39 is 25.6 Å². The molecule has 0 saturated carbocycles. The van der Waals surface area contributed by atoms with E-state index in [4.69, 9.17) is 23.8 Å². The average molecular weight is 338 g/mol. The van der Waals surface area contributed by atoms with E-state index in [-0.39, 0.29) is 12.3 Å². The number of hydrogen-bond donors (Lipinski definition) is 3. The van der Waals surface area contributed by atoms with Crippen LogP contribution in [0.2, 0.25) is 0 Å². The number of primary sulfonamides is 1. The standard InChI is InChI=1S/C6H8N2O2S.CHF3O3S.CH4/c7-5-1-3-6(4-2-5)11(8,9)10;2-1(3,4)8(5,6)7;/h1-4H,7H2,(H2,8,9,10);(H,5,6,7);1H4. The van der Waals surface area contributed by atoms with Crippen molar-refractivity contribution in [2.24, 2.45) is 5.14 Å². The van der Waals surface area contributed by atoms with E-state index in [1.165, 1.54) is 24.3 Å². The summed E-state index contributed by atoms with van der Waals surface area (Å²) >= 11 is 0. The highest BCUT2D eigenvalue weighted by Gasteiger charge is 2.44. The number of nitrogen functional groups attached to an aromatic ring is 1. The molecule has 5 N–H and O–H groups in total. The molecule has 12 heteroatoms. The molecule has 0 saturated heterocycles. The van der Waals surface area contributed by atoms with Gasteiger partial charge in [-0.15, -0.1) is 0 Å². The summed E-state index contributed by atoms with van der Waals surface area (Å²) < 4.78 is 78.9. The van der Waals surface area contributed by atoms with Gasteiger partial charge in [-0.2, -0.15) is 21.6 Å². The molecule has 0 amide bonds. The zero-order chi connectivity index (χ0) is 15.5. The van der Waals surface area contributed by atoms with Crippen molar-refractivity contribution in [3.63, 3.8) is 0 Å². The maximum Gasteiger partial charge on any atom is 0.522 e. The molecule has 0 aliphatic carbocycles. The number of benzene rings is 1. The van der Waals surface area contributed by atoms with Gasteiger partial charge in [-0.3, -0.25) is 4.55 Å². The van der Waals surface area contributed by atoms with Crippen molar-refractivity contribution in [1.82, 2.24) is 0 Å². The normalized spacial score (nSPS) is 11.8. The van der Waals surface area contributed by atoms with Crippen molar-refractivity contribution in [3.05, 3.63) is 24.3 Å². The molecule has 0 radical (unpaired) electrons. The van der Waals surface area contributed by atoms with Crippen LogP contribution in [0.25, 0.3) is 0 Å². The zero-order valence-corrected chi connectivity index (χ0v) is 10.6. The predicted molar refractivity (Wildman–Crippen MR) is 66.6 cm³/mol. The van der Waals surface area contributed by atoms with Crippen LogP contribution in [0.1, 0.15) is 7.43 Å². The van der Waals surface area contributed by atoms with Gasteiger partial charge in [0.2, 0.25) is 10.0 Å². The molecule has 7 nitrogen and oxygen atoms in total. The maximum absolute atomic E-state index is 10.7. The molecule has 0 unspecified atom stereocenters. The third-order valence-electron chi connectivity index (χ3n) is 1.50. The van der Waals surface area contributed by atoms with E-state index in [9.17, 15) is 21.6 Å². The van der Waals surface area contributed by atoms with Crippen LogP contribution < -0.4 is 10.9 Å². The summed E-state index contributed by atoms with van der Waals surface area (Å²) in [4.78, 5) is 0.0756. The van der Waals surface area contributed by atoms with Crippen LogP contribution in [0.15, 0.2) is 29.2 Å². The first-order chi connectivity index (χ1) is 8.25. The molecule has 0 fully saturated rings. The lowest BCUT2D eigenvalue weighted by Gasteiger charge is -1.97. The van der Waals surface area contributed by atoms with Gasteiger partial charge in [-0.25, -0.2) is 13.6 Å². The molecular weight excluding hydrogens is 325 g/mol. The summed E-state index contributed by atoms with van der Waals surface area (Å²) in [6.07, 6.45) is 0. The van der Waals surface area contributed by atoms with E-state index in [1.54, 1.807) is 0 Å². The molecule has 20 heavy (non-hydrogen) atoms. The third kappa shape index (κ3) is 7.28. The average Bonchev–Trinajstić information content (AvgIpc) is 2.14. The van der Waals surface area contributed by atoms with Crippen LogP contribution in [-0.4, -0.2) is 26.9 Å². The second kappa shape index (κ2) is 6.88. The Hall–Kier alpha value is -1.37. The minimum Gasteiger partial charge on any atom is -0.399 e. The highest BCUT2D eigenvalue weighted by Crippen LogP contribution is 2.20. The summed E-state index contributed by atoms with van der Waals surface area (Å²) in [7, 11) is -9.42. The molecule has 1 aromatic rings. The van der Waals surface area contributed by atoms with Crippen LogP contribution in [0.4, 0.5) is 18.9 Å². The molecule has 0 bridgehead atoms. The molecule has 0 spiro atoms. The minimum atomic E-state index is -5.84. The van der Waals surface area contributed by atoms with Gasteiger partial charge in [0.1, 0.15) is 0 Å². The second-order valence-electron chi connectivity index (χ2n) is 3.03. The number of rotatable bonds is 1. The van der Waals surface area contributed by atoms with Crippen LogP contribution >= 0.6 is 0 Å². The third-order valence-corrected chi connectivity index (χ3v) is 3.02. The molecule has 1 aromatic carbocycles. The number of nitrogens with two attached hydrogens (primary N) is 2. The Morgan fingerprint density at radius 2 is 1.30 bits per heavy atom. The fraction of sp³-hybridized carbons (Fsp3) is 0.250. The van der Waals surface area contributed by atoms with Gasteiger partial charge in [0.15, 0.2) is 0 Å². The van der Waals surface area contributed by atoms with Gasteiger partial charge in [0.05, 0.1) is 4.90 Å². The predicted octanol–water partition coefficient (Wildman–Crippen LogP) is 0.946. The summed E-state index contributed by atoms with van der Waals surface area (Å²) in [5.74, 6) is 0. The Balaban J connectivity index is 0. The number of hydrogen-bond acceptors (Lipinski definition) is 5. The number of halogens is 3. The van der Waals surface area contributed by atoms with Gasteiger partial charge in [-0.1, -0.05) is 7.43 Å². The largest absolute Gasteiger partial charge is 0.522 e. The van der Waals surface area contributed by atoms with E-state index in [0.717, 1.165) is 0 Å². The van der Waals surface area contributed by atoms with Crippen molar-refractivity contribution < 1.29 is 34.6 Å². The summed E-state index contributed by atoms with van der Waals surface area (Å²) in [5, 5.41) is 4.84. The molecule has 0 aromatic heterocycles. The monoisotopic (exact) mass is 338 g/mol. The maximum atomic E-state index is 10.7. The summed E-state index contributed by atoms with van der Waals surface area (Å²) in [6.45, 7) is 0. The fourth-order valence-corrected chi connectivity index (χ4v) is 1.17. The van der Waals surface area contributed by atoms with Crippen LogP contribution in [-0.2, 0) is 20.1 Å². The van der Waals surface area contributed by atoms with E-state index >= 15 is 0 Å². The molecule has 0 heterocycles. The topological polar surface area (TPSA) is 141 Å². The summed E-state index contributed by atoms with van der Waals surface area (Å²) in [6, 6.07) is 5.70. The molecule has 0 atom stereocenters. The number of sulfonamides is 1. The first kappa shape index (κ1) is 20.9. The van der Waals surface area contributed by atoms with Crippen molar-refractivity contribution >= 4 is 25.8 Å². The molecular formula is C8H13F3N2O5S2. The Bertz CT molecular complexity index is 623. The van der Waals surface area contributed by atoms with E-state index in [1.807, 2.05) is 0 Å². The van der Waals surface area contributed by atoms with E-state index in [2.05, 4.69) is 0 Å². The minimum absolute atomic E-state index is 0.